The summed E-state index contributed by atoms with van der Waals surface area (Å²) in [5.74, 6) is -3.18. The van der Waals surface area contributed by atoms with Crippen molar-refractivity contribution in [3.8, 4) is 0 Å². The zero-order valence-corrected chi connectivity index (χ0v) is 21.6. The van der Waals surface area contributed by atoms with Gasteiger partial charge in [0.05, 0.1) is 13.2 Å². The summed E-state index contributed by atoms with van der Waals surface area (Å²) in [6.45, 7) is 15.0. The molecule has 2 atom stereocenters. The topological polar surface area (TPSA) is 117 Å². The number of nitrogens with one attached hydrogen (secondary N) is 1. The van der Waals surface area contributed by atoms with Gasteiger partial charge in [-0.15, -0.1) is 0 Å². The SMILES string of the molecule is CCOC(=O)[C@]12CC(O[Si](C)(C)C)=C(O[Si](C)(C)C)C[C@@]1(C(=O)OCC)NC(=O)C2=O. The predicted octanol–water partition coefficient (Wildman–Crippen LogP) is 2.25. The van der Waals surface area contributed by atoms with Crippen molar-refractivity contribution in [2.24, 2.45) is 5.41 Å². The van der Waals surface area contributed by atoms with E-state index in [2.05, 4.69) is 5.32 Å². The van der Waals surface area contributed by atoms with Gasteiger partial charge >= 0.3 is 11.9 Å². The van der Waals surface area contributed by atoms with Crippen LogP contribution in [-0.4, -0.2) is 59.0 Å². The summed E-state index contributed by atoms with van der Waals surface area (Å²) in [5, 5.41) is 2.48. The maximum absolute atomic E-state index is 13.2. The minimum Gasteiger partial charge on any atom is -0.545 e. The number of ketones is 1. The van der Waals surface area contributed by atoms with Crippen molar-refractivity contribution >= 4 is 40.3 Å². The molecule has 1 aliphatic heterocycles. The van der Waals surface area contributed by atoms with Gasteiger partial charge in [-0.25, -0.2) is 4.79 Å². The molecule has 0 spiro atoms. The average Bonchev–Trinajstić information content (AvgIpc) is 2.82. The van der Waals surface area contributed by atoms with E-state index in [0.29, 0.717) is 11.5 Å². The average molecular weight is 472 g/mol. The molecular weight excluding hydrogens is 438 g/mol. The van der Waals surface area contributed by atoms with E-state index in [9.17, 15) is 19.2 Å². The van der Waals surface area contributed by atoms with Crippen molar-refractivity contribution in [2.45, 2.75) is 71.5 Å². The first-order valence-corrected chi connectivity index (χ1v) is 17.3. The molecule has 11 heteroatoms. The van der Waals surface area contributed by atoms with Crippen LogP contribution in [0.5, 0.6) is 0 Å². The molecule has 2 rings (SSSR count). The molecule has 0 aromatic carbocycles. The Morgan fingerprint density at radius 3 is 1.74 bits per heavy atom. The molecule has 1 heterocycles. The van der Waals surface area contributed by atoms with Gasteiger partial charge in [-0.05, 0) is 53.1 Å². The second kappa shape index (κ2) is 8.42. The first-order valence-electron chi connectivity index (χ1n) is 10.4. The monoisotopic (exact) mass is 471 g/mol. The third kappa shape index (κ3) is 4.57. The number of carbonyl (C=O) groups excluding carboxylic acids is 4. The quantitative estimate of drug-likeness (QED) is 0.248. The Labute approximate surface area is 185 Å². The van der Waals surface area contributed by atoms with Crippen molar-refractivity contribution in [2.75, 3.05) is 13.2 Å². The van der Waals surface area contributed by atoms with Crippen LogP contribution in [0.1, 0.15) is 26.7 Å². The smallest absolute Gasteiger partial charge is 0.334 e. The molecule has 0 radical (unpaired) electrons. The third-order valence-corrected chi connectivity index (χ3v) is 6.64. The van der Waals surface area contributed by atoms with Crippen LogP contribution in [0.15, 0.2) is 11.5 Å². The highest BCUT2D eigenvalue weighted by atomic mass is 28.4. The van der Waals surface area contributed by atoms with Gasteiger partial charge < -0.3 is 23.6 Å². The number of fused-ring (bicyclic) bond motifs is 1. The summed E-state index contributed by atoms with van der Waals surface area (Å²) >= 11 is 0. The van der Waals surface area contributed by atoms with Crippen LogP contribution in [0.2, 0.25) is 39.3 Å². The van der Waals surface area contributed by atoms with E-state index in [1.54, 1.807) is 13.8 Å². The van der Waals surface area contributed by atoms with Gasteiger partial charge in [0.1, 0.15) is 11.5 Å². The molecule has 2 aliphatic rings. The minimum absolute atomic E-state index is 0.00966. The number of Topliss-reactive ketones (excluding diaryl/α,β-unsaturated/α-hetero) is 1. The van der Waals surface area contributed by atoms with Gasteiger partial charge in [-0.1, -0.05) is 0 Å². The number of rotatable bonds is 8. The van der Waals surface area contributed by atoms with Gasteiger partial charge in [0, 0.05) is 12.8 Å². The molecule has 174 valence electrons. The highest BCUT2D eigenvalue weighted by Crippen LogP contribution is 2.53. The van der Waals surface area contributed by atoms with E-state index in [0.717, 1.165) is 0 Å². The predicted molar refractivity (Wildman–Crippen MR) is 117 cm³/mol. The lowest BCUT2D eigenvalue weighted by molar-refractivity contribution is -0.175. The second-order valence-electron chi connectivity index (χ2n) is 9.66. The van der Waals surface area contributed by atoms with Gasteiger partial charge in [0.15, 0.2) is 11.0 Å². The fourth-order valence-electron chi connectivity index (χ4n) is 3.92. The molecular formula is C20H33NO8Si2. The Morgan fingerprint density at radius 2 is 1.29 bits per heavy atom. The molecule has 0 bridgehead atoms. The zero-order valence-electron chi connectivity index (χ0n) is 19.6. The van der Waals surface area contributed by atoms with Gasteiger partial charge in [0.2, 0.25) is 22.4 Å². The number of allylic oxidation sites excluding steroid dienone is 1. The van der Waals surface area contributed by atoms with Gasteiger partial charge in [-0.3, -0.25) is 14.4 Å². The van der Waals surface area contributed by atoms with Crippen molar-refractivity contribution < 1.29 is 37.5 Å². The number of hydrogen-bond acceptors (Lipinski definition) is 8. The molecule has 0 aromatic rings. The molecule has 1 fully saturated rings. The first kappa shape index (κ1) is 25.1. The van der Waals surface area contributed by atoms with Crippen LogP contribution in [-0.2, 0) is 37.5 Å². The third-order valence-electron chi connectivity index (χ3n) is 4.92. The fraction of sp³-hybridized carbons (Fsp3) is 0.700. The normalized spacial score (nSPS) is 26.2. The molecule has 1 amide bonds. The fourth-order valence-corrected chi connectivity index (χ4v) is 5.77. The highest BCUT2D eigenvalue weighted by Gasteiger charge is 2.76. The maximum atomic E-state index is 13.2. The van der Waals surface area contributed by atoms with Gasteiger partial charge in [-0.2, -0.15) is 0 Å². The van der Waals surface area contributed by atoms with E-state index in [-0.39, 0.29) is 26.1 Å². The molecule has 1 saturated heterocycles. The Hall–Kier alpha value is -2.15. The lowest BCUT2D eigenvalue weighted by atomic mass is 9.62. The lowest BCUT2D eigenvalue weighted by Gasteiger charge is -2.45. The molecule has 0 unspecified atom stereocenters. The largest absolute Gasteiger partial charge is 0.545 e. The van der Waals surface area contributed by atoms with Gasteiger partial charge in [0.25, 0.3) is 5.91 Å². The van der Waals surface area contributed by atoms with Crippen LogP contribution in [0.4, 0.5) is 0 Å². The van der Waals surface area contributed by atoms with Crippen molar-refractivity contribution in [1.29, 1.82) is 0 Å². The molecule has 0 aromatic heterocycles. The Balaban J connectivity index is 2.80. The summed E-state index contributed by atoms with van der Waals surface area (Å²) < 4.78 is 22.9. The molecule has 0 saturated carbocycles. The standard InChI is InChI=1S/C20H33NO8Si2/c1-9-26-17(24)19-11-13(28-30(3,4)5)14(29-31(6,7)8)12-20(19,18(25)27-10-2)21-16(23)15(19)22/h9-12H2,1-8H3,(H,21,23)/t19-,20+/m1/s1. The lowest BCUT2D eigenvalue weighted by Crippen LogP contribution is -2.65. The summed E-state index contributed by atoms with van der Waals surface area (Å²) in [6, 6.07) is 0. The Kier molecular flexibility index (Phi) is 6.82. The van der Waals surface area contributed by atoms with Crippen LogP contribution < -0.4 is 5.32 Å². The van der Waals surface area contributed by atoms with Crippen LogP contribution in [0, 0.1) is 5.41 Å². The number of carbonyl (C=O) groups is 4. The number of esters is 2. The molecule has 9 nitrogen and oxygen atoms in total. The van der Waals surface area contributed by atoms with Crippen LogP contribution in [0.3, 0.4) is 0 Å². The van der Waals surface area contributed by atoms with E-state index in [4.69, 9.17) is 18.3 Å². The summed E-state index contributed by atoms with van der Waals surface area (Å²) in [7, 11) is -4.39. The molecule has 1 aliphatic carbocycles. The molecule has 1 N–H and O–H groups in total. The van der Waals surface area contributed by atoms with Crippen molar-refractivity contribution in [3.63, 3.8) is 0 Å². The van der Waals surface area contributed by atoms with Crippen molar-refractivity contribution in [1.82, 2.24) is 5.32 Å². The van der Waals surface area contributed by atoms with E-state index >= 15 is 0 Å². The van der Waals surface area contributed by atoms with Crippen LogP contribution in [0.25, 0.3) is 0 Å². The molecule has 31 heavy (non-hydrogen) atoms. The minimum atomic E-state index is -2.21. The number of hydrogen-bond donors (Lipinski definition) is 1. The van der Waals surface area contributed by atoms with E-state index in [1.807, 2.05) is 39.3 Å². The number of ether oxygens (including phenoxy) is 2. The summed E-state index contributed by atoms with van der Waals surface area (Å²) in [5.41, 5.74) is -4.07. The zero-order chi connectivity index (χ0) is 23.8. The summed E-state index contributed by atoms with van der Waals surface area (Å²) in [4.78, 5) is 52.2. The van der Waals surface area contributed by atoms with Crippen LogP contribution >= 0.6 is 0 Å². The van der Waals surface area contributed by atoms with Crippen molar-refractivity contribution in [3.05, 3.63) is 11.5 Å². The summed E-state index contributed by atoms with van der Waals surface area (Å²) in [6.07, 6.45) is -0.543. The van der Waals surface area contributed by atoms with E-state index in [1.165, 1.54) is 0 Å². The maximum Gasteiger partial charge on any atom is 0.334 e. The van der Waals surface area contributed by atoms with E-state index < -0.39 is 51.2 Å². The Bertz CT molecular complexity index is 826. The Morgan fingerprint density at radius 1 is 0.839 bits per heavy atom. The first-order chi connectivity index (χ1) is 14.1. The number of amides is 1. The highest BCUT2D eigenvalue weighted by molar-refractivity contribution is 6.70. The second-order valence-corrected chi connectivity index (χ2v) is 18.5.